The van der Waals surface area contributed by atoms with E-state index in [1.165, 1.54) is 22.2 Å². The molecular weight excluding hydrogens is 612 g/mol. The van der Waals surface area contributed by atoms with E-state index >= 15 is 0 Å². The highest BCUT2D eigenvalue weighted by Gasteiger charge is 2.43. The first-order valence-electron chi connectivity index (χ1n) is 14.4. The smallest absolute Gasteiger partial charge is 0.308 e. The van der Waals surface area contributed by atoms with Crippen molar-refractivity contribution < 1.29 is 37.7 Å². The number of epoxide rings is 1. The lowest BCUT2D eigenvalue weighted by molar-refractivity contribution is -0.151. The Morgan fingerprint density at radius 3 is 2.80 bits per heavy atom. The minimum atomic E-state index is -1.08. The average molecular weight is 646 g/mol. The number of thiazole rings is 1. The van der Waals surface area contributed by atoms with Crippen LogP contribution < -0.4 is 11.1 Å². The van der Waals surface area contributed by atoms with Crippen LogP contribution in [0.2, 0.25) is 0 Å². The van der Waals surface area contributed by atoms with Crippen molar-refractivity contribution in [2.24, 2.45) is 10.7 Å². The molecule has 3 aromatic heterocycles. The van der Waals surface area contributed by atoms with Gasteiger partial charge in [-0.3, -0.25) is 14.6 Å². The van der Waals surface area contributed by atoms with Crippen LogP contribution in [-0.2, 0) is 30.5 Å². The summed E-state index contributed by atoms with van der Waals surface area (Å²) < 4.78 is 46.4. The third-order valence-electron chi connectivity index (χ3n) is 7.20. The zero-order valence-corrected chi connectivity index (χ0v) is 25.2. The number of halogens is 2. The number of ether oxygens (including phenoxy) is 3. The molecular formula is C29H33F2N7O6S. The van der Waals surface area contributed by atoms with Crippen LogP contribution in [0.3, 0.4) is 0 Å². The van der Waals surface area contributed by atoms with E-state index in [0.717, 1.165) is 37.8 Å². The summed E-state index contributed by atoms with van der Waals surface area (Å²) >= 11 is 1.36. The molecule has 4 heterocycles. The van der Waals surface area contributed by atoms with Crippen molar-refractivity contribution >= 4 is 35.2 Å². The third kappa shape index (κ3) is 8.67. The first-order valence-corrected chi connectivity index (χ1v) is 15.3. The van der Waals surface area contributed by atoms with E-state index in [0.29, 0.717) is 22.9 Å². The van der Waals surface area contributed by atoms with Gasteiger partial charge in [0.15, 0.2) is 18.8 Å². The maximum atomic E-state index is 14.6. The normalized spacial score (nSPS) is 21.8. The van der Waals surface area contributed by atoms with Gasteiger partial charge in [0.2, 0.25) is 5.95 Å². The summed E-state index contributed by atoms with van der Waals surface area (Å²) in [7, 11) is 0. The second-order valence-electron chi connectivity index (χ2n) is 10.5. The number of allylic oxidation sites excluding steroid dienone is 1. The van der Waals surface area contributed by atoms with Gasteiger partial charge in [-0.15, -0.1) is 11.3 Å². The van der Waals surface area contributed by atoms with E-state index < -0.39 is 36.0 Å². The molecule has 240 valence electrons. The first kappa shape index (κ1) is 32.1. The molecule has 0 radical (unpaired) electrons. The summed E-state index contributed by atoms with van der Waals surface area (Å²) in [5, 5.41) is 18.5. The summed E-state index contributed by atoms with van der Waals surface area (Å²) in [6, 6.07) is 1.92. The summed E-state index contributed by atoms with van der Waals surface area (Å²) in [6.07, 6.45) is 6.85. The molecule has 2 aliphatic rings. The number of esters is 1. The molecule has 1 saturated heterocycles. The van der Waals surface area contributed by atoms with Gasteiger partial charge >= 0.3 is 11.9 Å². The molecule has 1 saturated carbocycles. The number of aromatic nitrogens is 4. The van der Waals surface area contributed by atoms with Gasteiger partial charge in [-0.25, -0.2) is 19.0 Å². The van der Waals surface area contributed by atoms with Crippen LogP contribution in [0.25, 0.3) is 16.3 Å². The van der Waals surface area contributed by atoms with Gasteiger partial charge in [0, 0.05) is 30.0 Å². The van der Waals surface area contributed by atoms with Gasteiger partial charge in [-0.1, -0.05) is 0 Å². The Morgan fingerprint density at radius 1 is 1.24 bits per heavy atom. The van der Waals surface area contributed by atoms with Crippen LogP contribution in [0.5, 0.6) is 0 Å². The van der Waals surface area contributed by atoms with Gasteiger partial charge < -0.3 is 30.4 Å². The van der Waals surface area contributed by atoms with Crippen molar-refractivity contribution in [3.63, 3.8) is 0 Å². The molecule has 3 aromatic rings. The second-order valence-corrected chi connectivity index (χ2v) is 11.3. The highest BCUT2D eigenvalue weighted by molar-refractivity contribution is 7.13. The Kier molecular flexibility index (Phi) is 10.5. The Bertz CT molecular complexity index is 1570. The Hall–Kier alpha value is -4.28. The number of nitrogens with zero attached hydrogens (tertiary/aromatic N) is 5. The van der Waals surface area contributed by atoms with Gasteiger partial charge in [0.25, 0.3) is 0 Å². The monoisotopic (exact) mass is 645 g/mol. The van der Waals surface area contributed by atoms with Crippen molar-refractivity contribution in [1.82, 2.24) is 25.1 Å². The maximum absolute atomic E-state index is 14.6. The number of aliphatic carboxylic acids is 1. The number of nitrogens with two attached hydrogens (primary N) is 1. The number of hydrogen-bond donors (Lipinski definition) is 3. The second kappa shape index (κ2) is 14.7. The molecule has 45 heavy (non-hydrogen) atoms. The van der Waals surface area contributed by atoms with E-state index in [1.54, 1.807) is 12.4 Å². The molecule has 2 atom stereocenters. The molecule has 0 bridgehead atoms. The van der Waals surface area contributed by atoms with Crippen LogP contribution >= 0.6 is 11.3 Å². The summed E-state index contributed by atoms with van der Waals surface area (Å²) in [6.45, 7) is 2.47. The van der Waals surface area contributed by atoms with Crippen molar-refractivity contribution in [3.05, 3.63) is 58.8 Å². The Labute approximate surface area is 261 Å². The van der Waals surface area contributed by atoms with Crippen molar-refractivity contribution in [3.8, 4) is 10.6 Å². The number of hydrogen-bond acceptors (Lipinski definition) is 12. The van der Waals surface area contributed by atoms with Crippen LogP contribution in [0.4, 0.5) is 8.78 Å². The van der Waals surface area contributed by atoms with E-state index in [1.807, 2.05) is 12.3 Å². The number of carboxylic acids is 1. The van der Waals surface area contributed by atoms with E-state index in [2.05, 4.69) is 25.4 Å². The number of rotatable bonds is 14. The van der Waals surface area contributed by atoms with Crippen LogP contribution in [0, 0.1) is 11.8 Å². The topological polar surface area (TPSA) is 179 Å². The molecule has 0 amide bonds. The number of aliphatic imine (C=N–C) groups is 1. The molecule has 2 fully saturated rings. The molecule has 2 unspecified atom stereocenters. The zero-order chi connectivity index (χ0) is 31.9. The molecule has 1 aliphatic carbocycles. The SMILES string of the molecule is CCOC1CCC(N=C/C(NC2OC2c2csc(-c3cnn(COC(=O)CCC(=O)O)c3)n2)=C(\N)c2nc(F)ccc2F)CC1. The van der Waals surface area contributed by atoms with Gasteiger partial charge in [-0.2, -0.15) is 9.49 Å². The Balaban J connectivity index is 1.24. The number of pyridine rings is 1. The number of carbonyl (C=O) groups excluding carboxylic acids is 1. The summed E-state index contributed by atoms with van der Waals surface area (Å²) in [5.41, 5.74) is 7.43. The van der Waals surface area contributed by atoms with Gasteiger partial charge in [0.05, 0.1) is 48.3 Å². The fraction of sp³-hybridized carbons (Fsp3) is 0.448. The van der Waals surface area contributed by atoms with E-state index in [4.69, 9.17) is 25.1 Å². The van der Waals surface area contributed by atoms with Crippen LogP contribution in [-0.4, -0.2) is 68.0 Å². The molecule has 4 N–H and O–H groups in total. The van der Waals surface area contributed by atoms with Crippen molar-refractivity contribution in [1.29, 1.82) is 0 Å². The fourth-order valence-corrected chi connectivity index (χ4v) is 5.63. The maximum Gasteiger partial charge on any atom is 0.308 e. The molecule has 1 aliphatic heterocycles. The van der Waals surface area contributed by atoms with Crippen LogP contribution in [0.1, 0.15) is 62.9 Å². The predicted octanol–water partition coefficient (Wildman–Crippen LogP) is 3.78. The predicted molar refractivity (Wildman–Crippen MR) is 158 cm³/mol. The highest BCUT2D eigenvalue weighted by atomic mass is 32.1. The highest BCUT2D eigenvalue weighted by Crippen LogP contribution is 2.39. The van der Waals surface area contributed by atoms with Crippen LogP contribution in [0.15, 0.2) is 40.6 Å². The minimum absolute atomic E-state index is 0.0304. The first-order chi connectivity index (χ1) is 21.7. The molecule has 0 spiro atoms. The Morgan fingerprint density at radius 2 is 2.04 bits per heavy atom. The summed E-state index contributed by atoms with van der Waals surface area (Å²) in [4.78, 5) is 35.3. The van der Waals surface area contributed by atoms with Crippen molar-refractivity contribution in [2.75, 3.05) is 6.61 Å². The van der Waals surface area contributed by atoms with E-state index in [9.17, 15) is 18.4 Å². The molecule has 5 rings (SSSR count). The van der Waals surface area contributed by atoms with Crippen molar-refractivity contribution in [2.45, 2.75) is 76.7 Å². The van der Waals surface area contributed by atoms with E-state index in [-0.39, 0.29) is 48.8 Å². The fourth-order valence-electron chi connectivity index (χ4n) is 4.81. The number of carboxylic acid groups (broad SMARTS) is 1. The molecule has 13 nitrogen and oxygen atoms in total. The largest absolute Gasteiger partial charge is 0.481 e. The number of nitrogens with one attached hydrogen (secondary N) is 1. The quantitative estimate of drug-likeness (QED) is 0.101. The number of carbonyl (C=O) groups is 2. The lowest BCUT2D eigenvalue weighted by atomic mass is 9.93. The lowest BCUT2D eigenvalue weighted by Crippen LogP contribution is -2.26. The average Bonchev–Trinajstić information content (AvgIpc) is 3.38. The standard InChI is InChI=1S/C29H33F2N7O6S/c1-2-42-18-5-3-17(4-6-18)33-12-20(25(32)26-19(30)7-8-22(31)37-26)35-28-27(44-28)21-14-45-29(36-21)16-11-34-38(13-16)15-43-24(41)10-9-23(39)40/h7-8,11-14,17-18,27-28,35H,2-6,9-10,15,32H2,1H3,(H,39,40)/b25-20+,33-12?. The lowest BCUT2D eigenvalue weighted by Gasteiger charge is -2.26. The van der Waals surface area contributed by atoms with Gasteiger partial charge in [0.1, 0.15) is 16.8 Å². The minimum Gasteiger partial charge on any atom is -0.481 e. The third-order valence-corrected chi connectivity index (χ3v) is 8.11. The zero-order valence-electron chi connectivity index (χ0n) is 24.4. The molecule has 0 aromatic carbocycles. The summed E-state index contributed by atoms with van der Waals surface area (Å²) in [5.74, 6) is -3.36. The van der Waals surface area contributed by atoms with Gasteiger partial charge in [-0.05, 0) is 44.7 Å². The molecule has 16 heteroatoms.